The van der Waals surface area contributed by atoms with Crippen LogP contribution in [0.2, 0.25) is 0 Å². The Kier molecular flexibility index (Phi) is 7.59. The quantitative estimate of drug-likeness (QED) is 0.366. The van der Waals surface area contributed by atoms with E-state index < -0.39 is 29.9 Å². The molecule has 0 aliphatic heterocycles. The Balaban J connectivity index is 1.95. The predicted molar refractivity (Wildman–Crippen MR) is 127 cm³/mol. The molecule has 7 heteroatoms. The minimum Gasteiger partial charge on any atom is -0.480 e. The number of hydrogen-bond donors (Lipinski definition) is 3. The molecule has 0 radical (unpaired) electrons. The highest BCUT2D eigenvalue weighted by molar-refractivity contribution is 5.79. The highest BCUT2D eigenvalue weighted by atomic mass is 19.4. The zero-order valence-electron chi connectivity index (χ0n) is 18.9. The number of nitrogens with one attached hydrogen (secondary N) is 1. The van der Waals surface area contributed by atoms with Gasteiger partial charge in [0.2, 0.25) is 0 Å². The fourth-order valence-corrected chi connectivity index (χ4v) is 3.56. The van der Waals surface area contributed by atoms with Crippen molar-refractivity contribution in [1.29, 1.82) is 0 Å². The van der Waals surface area contributed by atoms with Crippen LogP contribution in [-0.2, 0) is 17.5 Å². The lowest BCUT2D eigenvalue weighted by Gasteiger charge is -2.24. The molecule has 3 aromatic carbocycles. The number of benzene rings is 3. The van der Waals surface area contributed by atoms with Gasteiger partial charge in [-0.25, -0.2) is 0 Å². The van der Waals surface area contributed by atoms with Crippen LogP contribution in [0.4, 0.5) is 13.2 Å². The van der Waals surface area contributed by atoms with Crippen molar-refractivity contribution >= 4 is 18.1 Å². The van der Waals surface area contributed by atoms with E-state index in [2.05, 4.69) is 5.32 Å². The van der Waals surface area contributed by atoms with E-state index in [1.165, 1.54) is 25.1 Å². The molecule has 0 saturated heterocycles. The predicted octanol–water partition coefficient (Wildman–Crippen LogP) is 5.78. The van der Waals surface area contributed by atoms with E-state index in [0.717, 1.165) is 28.3 Å². The fourth-order valence-electron chi connectivity index (χ4n) is 3.56. The van der Waals surface area contributed by atoms with E-state index in [9.17, 15) is 28.2 Å². The molecule has 4 nitrogen and oxygen atoms in total. The fraction of sp³-hybridized carbons (Fsp3) is 0.222. The Morgan fingerprint density at radius 1 is 0.971 bits per heavy atom. The van der Waals surface area contributed by atoms with Gasteiger partial charge >= 0.3 is 12.1 Å². The SMILES string of the molecule is Cc1c(C=Cc2cc(CNC(C)(CO)C(=O)O)ccc2C(F)(F)F)cccc1-c1ccccc1. The van der Waals surface area contributed by atoms with E-state index in [4.69, 9.17) is 0 Å². The summed E-state index contributed by atoms with van der Waals surface area (Å²) >= 11 is 0. The molecule has 1 atom stereocenters. The molecule has 3 rings (SSSR count). The molecule has 0 saturated carbocycles. The summed E-state index contributed by atoms with van der Waals surface area (Å²) in [5.41, 5.74) is 1.79. The van der Waals surface area contributed by atoms with Crippen LogP contribution in [0.3, 0.4) is 0 Å². The van der Waals surface area contributed by atoms with Crippen molar-refractivity contribution in [2.75, 3.05) is 6.61 Å². The molecule has 34 heavy (non-hydrogen) atoms. The molecule has 0 aliphatic rings. The highest BCUT2D eigenvalue weighted by Gasteiger charge is 2.34. The molecule has 1 unspecified atom stereocenters. The van der Waals surface area contributed by atoms with Crippen molar-refractivity contribution in [3.8, 4) is 11.1 Å². The maximum Gasteiger partial charge on any atom is 0.416 e. The van der Waals surface area contributed by atoms with Gasteiger partial charge < -0.3 is 10.2 Å². The maximum atomic E-state index is 13.6. The average molecular weight is 470 g/mol. The van der Waals surface area contributed by atoms with Crippen LogP contribution in [0, 0.1) is 6.92 Å². The molecule has 0 fully saturated rings. The van der Waals surface area contributed by atoms with E-state index >= 15 is 0 Å². The zero-order valence-corrected chi connectivity index (χ0v) is 18.9. The largest absolute Gasteiger partial charge is 0.480 e. The van der Waals surface area contributed by atoms with E-state index in [1.807, 2.05) is 55.5 Å². The van der Waals surface area contributed by atoms with Gasteiger partial charge in [-0.2, -0.15) is 13.2 Å². The van der Waals surface area contributed by atoms with Gasteiger partial charge in [0.05, 0.1) is 12.2 Å². The minimum atomic E-state index is -4.55. The number of carbonyl (C=O) groups is 1. The Hall–Kier alpha value is -3.42. The summed E-state index contributed by atoms with van der Waals surface area (Å²) in [5, 5.41) is 21.4. The normalized spacial score (nSPS) is 13.7. The molecule has 0 heterocycles. The van der Waals surface area contributed by atoms with Crippen LogP contribution in [0.25, 0.3) is 23.3 Å². The second-order valence-electron chi connectivity index (χ2n) is 8.29. The van der Waals surface area contributed by atoms with Crippen LogP contribution in [-0.4, -0.2) is 28.3 Å². The van der Waals surface area contributed by atoms with E-state index in [1.54, 1.807) is 6.08 Å². The Morgan fingerprint density at radius 3 is 2.26 bits per heavy atom. The number of alkyl halides is 3. The van der Waals surface area contributed by atoms with Crippen LogP contribution in [0.1, 0.15) is 34.7 Å². The summed E-state index contributed by atoms with van der Waals surface area (Å²) in [6.45, 7) is 2.55. The van der Waals surface area contributed by atoms with Gasteiger partial charge in [0.15, 0.2) is 0 Å². The highest BCUT2D eigenvalue weighted by Crippen LogP contribution is 2.34. The third kappa shape index (κ3) is 5.73. The molecular weight excluding hydrogens is 443 g/mol. The van der Waals surface area contributed by atoms with E-state index in [0.29, 0.717) is 5.56 Å². The van der Waals surface area contributed by atoms with Crippen molar-refractivity contribution in [3.05, 3.63) is 94.5 Å². The average Bonchev–Trinajstić information content (AvgIpc) is 2.81. The monoisotopic (exact) mass is 469 g/mol. The van der Waals surface area contributed by atoms with Crippen molar-refractivity contribution in [1.82, 2.24) is 5.32 Å². The molecule has 178 valence electrons. The third-order valence-electron chi connectivity index (χ3n) is 5.80. The molecular formula is C27H26F3NO3. The Labute approximate surface area is 196 Å². The van der Waals surface area contributed by atoms with Gasteiger partial charge in [0.25, 0.3) is 0 Å². The van der Waals surface area contributed by atoms with Crippen LogP contribution in [0.5, 0.6) is 0 Å². The molecule has 3 N–H and O–H groups in total. The first-order valence-electron chi connectivity index (χ1n) is 10.7. The van der Waals surface area contributed by atoms with Crippen molar-refractivity contribution in [2.24, 2.45) is 0 Å². The Morgan fingerprint density at radius 2 is 1.65 bits per heavy atom. The third-order valence-corrected chi connectivity index (χ3v) is 5.80. The van der Waals surface area contributed by atoms with Crippen LogP contribution < -0.4 is 5.32 Å². The van der Waals surface area contributed by atoms with Gasteiger partial charge in [-0.15, -0.1) is 0 Å². The number of carboxylic acid groups (broad SMARTS) is 1. The van der Waals surface area contributed by atoms with Gasteiger partial charge in [-0.05, 0) is 59.4 Å². The lowest BCUT2D eigenvalue weighted by molar-refractivity contribution is -0.146. The van der Waals surface area contributed by atoms with Gasteiger partial charge in [0, 0.05) is 6.54 Å². The number of rotatable bonds is 8. The topological polar surface area (TPSA) is 69.6 Å². The van der Waals surface area contributed by atoms with Crippen molar-refractivity contribution < 1.29 is 28.2 Å². The van der Waals surface area contributed by atoms with Gasteiger partial charge in [0.1, 0.15) is 5.54 Å². The first-order chi connectivity index (χ1) is 16.0. The molecule has 0 aliphatic carbocycles. The summed E-state index contributed by atoms with van der Waals surface area (Å²) in [5.74, 6) is -1.25. The second-order valence-corrected chi connectivity index (χ2v) is 8.29. The van der Waals surface area contributed by atoms with E-state index in [-0.39, 0.29) is 12.1 Å². The van der Waals surface area contributed by atoms with Gasteiger partial charge in [-0.1, -0.05) is 66.7 Å². The second kappa shape index (κ2) is 10.2. The smallest absolute Gasteiger partial charge is 0.416 e. The molecule has 3 aromatic rings. The number of aliphatic hydroxyl groups is 1. The number of halogens is 3. The molecule has 0 aromatic heterocycles. The van der Waals surface area contributed by atoms with Crippen molar-refractivity contribution in [3.63, 3.8) is 0 Å². The summed E-state index contributed by atoms with van der Waals surface area (Å²) in [7, 11) is 0. The maximum absolute atomic E-state index is 13.6. The zero-order chi connectivity index (χ0) is 24.9. The lowest BCUT2D eigenvalue weighted by Crippen LogP contribution is -2.52. The summed E-state index contributed by atoms with van der Waals surface area (Å²) in [6, 6.07) is 19.1. The van der Waals surface area contributed by atoms with Crippen LogP contribution in [0.15, 0.2) is 66.7 Å². The first kappa shape index (κ1) is 25.2. The van der Waals surface area contributed by atoms with Crippen molar-refractivity contribution in [2.45, 2.75) is 32.1 Å². The number of aliphatic hydroxyl groups excluding tert-OH is 1. The van der Waals surface area contributed by atoms with Crippen LogP contribution >= 0.6 is 0 Å². The number of aliphatic carboxylic acids is 1. The molecule has 0 amide bonds. The lowest BCUT2D eigenvalue weighted by atomic mass is 9.95. The molecule has 0 spiro atoms. The summed E-state index contributed by atoms with van der Waals surface area (Å²) < 4.78 is 40.9. The number of hydrogen-bond acceptors (Lipinski definition) is 3. The van der Waals surface area contributed by atoms with Gasteiger partial charge in [-0.3, -0.25) is 10.1 Å². The minimum absolute atomic E-state index is 0.0230. The standard InChI is InChI=1S/C27H26F3NO3/c1-18-20(9-6-10-23(18)21-7-4-3-5-8-21)12-13-22-15-19(11-14-24(22)27(28,29)30)16-31-26(2,17-32)25(33)34/h3-15,31-32H,16-17H2,1-2H3,(H,33,34). The number of carboxylic acids is 1. The first-order valence-corrected chi connectivity index (χ1v) is 10.7. The summed E-state index contributed by atoms with van der Waals surface area (Å²) in [4.78, 5) is 11.4. The molecule has 0 bridgehead atoms. The Bertz CT molecular complexity index is 1190. The summed E-state index contributed by atoms with van der Waals surface area (Å²) in [6.07, 6.45) is -1.47.